The molecule has 0 spiro atoms. The van der Waals surface area contributed by atoms with Crippen molar-refractivity contribution in [1.82, 2.24) is 15.0 Å². The third-order valence-corrected chi connectivity index (χ3v) is 4.24. The Bertz CT molecular complexity index is 831. The quantitative estimate of drug-likeness (QED) is 0.750. The first-order valence-electron chi connectivity index (χ1n) is 7.75. The molecule has 1 saturated heterocycles. The molecule has 22 heavy (non-hydrogen) atoms. The molecule has 1 N–H and O–H groups in total. The van der Waals surface area contributed by atoms with Crippen LogP contribution in [-0.4, -0.2) is 40.2 Å². The van der Waals surface area contributed by atoms with Gasteiger partial charge < -0.3 is 14.6 Å². The molecule has 4 rings (SSSR count). The Hall–Kier alpha value is -2.14. The molecule has 2 aromatic heterocycles. The molecule has 2 atom stereocenters. The third kappa shape index (κ3) is 2.13. The summed E-state index contributed by atoms with van der Waals surface area (Å²) in [6.45, 7) is 8.02. The van der Waals surface area contributed by atoms with Gasteiger partial charge in [-0.15, -0.1) is 0 Å². The number of benzene rings is 1. The highest BCUT2D eigenvalue weighted by atomic mass is 16.5. The number of aromatic amines is 1. The number of morpholine rings is 1. The maximum absolute atomic E-state index is 5.83. The minimum Gasteiger partial charge on any atom is -0.372 e. The molecule has 0 saturated carbocycles. The number of hydrogen-bond donors (Lipinski definition) is 1. The van der Waals surface area contributed by atoms with Gasteiger partial charge in [0.2, 0.25) is 0 Å². The largest absolute Gasteiger partial charge is 0.372 e. The molecule has 3 aromatic rings. The maximum Gasteiger partial charge on any atom is 0.156 e. The summed E-state index contributed by atoms with van der Waals surface area (Å²) in [7, 11) is 0. The van der Waals surface area contributed by atoms with Gasteiger partial charge in [-0.1, -0.05) is 12.1 Å². The first-order chi connectivity index (χ1) is 10.6. The van der Waals surface area contributed by atoms with Crippen LogP contribution in [0.5, 0.6) is 0 Å². The minimum atomic E-state index is 0.209. The second-order valence-corrected chi connectivity index (χ2v) is 6.26. The fourth-order valence-electron chi connectivity index (χ4n) is 3.39. The Morgan fingerprint density at radius 3 is 2.73 bits per heavy atom. The van der Waals surface area contributed by atoms with E-state index in [0.29, 0.717) is 0 Å². The van der Waals surface area contributed by atoms with Crippen LogP contribution in [0.3, 0.4) is 0 Å². The molecule has 1 aromatic carbocycles. The van der Waals surface area contributed by atoms with E-state index in [1.807, 2.05) is 0 Å². The van der Waals surface area contributed by atoms with Crippen LogP contribution in [0.25, 0.3) is 21.9 Å². The van der Waals surface area contributed by atoms with Crippen molar-refractivity contribution >= 4 is 27.8 Å². The van der Waals surface area contributed by atoms with Crippen molar-refractivity contribution in [3.05, 3.63) is 30.1 Å². The van der Waals surface area contributed by atoms with Crippen molar-refractivity contribution in [1.29, 1.82) is 0 Å². The average molecular weight is 296 g/mol. The lowest BCUT2D eigenvalue weighted by molar-refractivity contribution is -0.00537. The van der Waals surface area contributed by atoms with E-state index in [-0.39, 0.29) is 12.2 Å². The van der Waals surface area contributed by atoms with Crippen LogP contribution in [0.15, 0.2) is 24.5 Å². The highest BCUT2D eigenvalue weighted by Gasteiger charge is 2.25. The van der Waals surface area contributed by atoms with Crippen LogP contribution in [0.4, 0.5) is 5.82 Å². The van der Waals surface area contributed by atoms with Crippen molar-refractivity contribution in [3.63, 3.8) is 0 Å². The molecule has 0 bridgehead atoms. The summed E-state index contributed by atoms with van der Waals surface area (Å²) < 4.78 is 5.83. The van der Waals surface area contributed by atoms with Crippen LogP contribution in [0, 0.1) is 6.92 Å². The lowest BCUT2D eigenvalue weighted by Crippen LogP contribution is -2.46. The van der Waals surface area contributed by atoms with Gasteiger partial charge in [0.15, 0.2) is 5.82 Å². The van der Waals surface area contributed by atoms with E-state index >= 15 is 0 Å². The molecule has 5 heteroatoms. The number of nitrogens with one attached hydrogen (secondary N) is 1. The number of anilines is 1. The lowest BCUT2D eigenvalue weighted by atomic mass is 10.2. The smallest absolute Gasteiger partial charge is 0.156 e. The zero-order valence-corrected chi connectivity index (χ0v) is 13.1. The summed E-state index contributed by atoms with van der Waals surface area (Å²) in [6, 6.07) is 6.41. The SMILES string of the molecule is Cc1ccc2c(c1)[nH]c1c(N3CC(C)OC(C)C3)ncnc12. The number of ether oxygens (including phenoxy) is 1. The second kappa shape index (κ2) is 4.95. The molecule has 3 heterocycles. The molecule has 1 fully saturated rings. The van der Waals surface area contributed by atoms with E-state index in [0.717, 1.165) is 40.8 Å². The van der Waals surface area contributed by atoms with Crippen LogP contribution >= 0.6 is 0 Å². The molecular weight excluding hydrogens is 276 g/mol. The fraction of sp³-hybridized carbons (Fsp3) is 0.412. The van der Waals surface area contributed by atoms with Crippen LogP contribution in [0.2, 0.25) is 0 Å². The van der Waals surface area contributed by atoms with Gasteiger partial charge in [-0.2, -0.15) is 0 Å². The van der Waals surface area contributed by atoms with Crippen molar-refractivity contribution < 1.29 is 4.74 Å². The second-order valence-electron chi connectivity index (χ2n) is 6.26. The van der Waals surface area contributed by atoms with E-state index in [9.17, 15) is 0 Å². The number of hydrogen-bond acceptors (Lipinski definition) is 4. The normalized spacial score (nSPS) is 22.6. The van der Waals surface area contributed by atoms with Gasteiger partial charge in [0.05, 0.1) is 12.2 Å². The first kappa shape index (κ1) is 13.5. The van der Waals surface area contributed by atoms with Gasteiger partial charge in [0, 0.05) is 24.0 Å². The molecule has 0 amide bonds. The molecule has 1 aliphatic heterocycles. The highest BCUT2D eigenvalue weighted by molar-refractivity contribution is 6.08. The van der Waals surface area contributed by atoms with Crippen molar-refractivity contribution in [3.8, 4) is 0 Å². The van der Waals surface area contributed by atoms with Gasteiger partial charge in [-0.05, 0) is 32.4 Å². The first-order valence-corrected chi connectivity index (χ1v) is 7.75. The highest BCUT2D eigenvalue weighted by Crippen LogP contribution is 2.30. The summed E-state index contributed by atoms with van der Waals surface area (Å²) in [5, 5.41) is 1.15. The summed E-state index contributed by atoms with van der Waals surface area (Å²) in [5.41, 5.74) is 4.37. The van der Waals surface area contributed by atoms with Gasteiger partial charge in [-0.3, -0.25) is 0 Å². The summed E-state index contributed by atoms with van der Waals surface area (Å²) >= 11 is 0. The van der Waals surface area contributed by atoms with E-state index < -0.39 is 0 Å². The predicted molar refractivity (Wildman–Crippen MR) is 88.4 cm³/mol. The zero-order chi connectivity index (χ0) is 15.3. The zero-order valence-electron chi connectivity index (χ0n) is 13.1. The van der Waals surface area contributed by atoms with E-state index in [2.05, 4.69) is 58.8 Å². The molecule has 0 radical (unpaired) electrons. The summed E-state index contributed by atoms with van der Waals surface area (Å²) in [6.07, 6.45) is 2.08. The van der Waals surface area contributed by atoms with Gasteiger partial charge >= 0.3 is 0 Å². The number of aromatic nitrogens is 3. The topological polar surface area (TPSA) is 54.0 Å². The Balaban J connectivity index is 1.89. The number of nitrogens with zero attached hydrogens (tertiary/aromatic N) is 3. The Morgan fingerprint density at radius 1 is 1.18 bits per heavy atom. The Morgan fingerprint density at radius 2 is 1.95 bits per heavy atom. The van der Waals surface area contributed by atoms with E-state index in [1.54, 1.807) is 6.33 Å². The third-order valence-electron chi connectivity index (χ3n) is 4.24. The maximum atomic E-state index is 5.83. The van der Waals surface area contributed by atoms with Crippen molar-refractivity contribution in [2.75, 3.05) is 18.0 Å². The van der Waals surface area contributed by atoms with Crippen LogP contribution < -0.4 is 4.90 Å². The summed E-state index contributed by atoms with van der Waals surface area (Å²) in [4.78, 5) is 14.8. The Kier molecular flexibility index (Phi) is 3.04. The van der Waals surface area contributed by atoms with E-state index in [1.165, 1.54) is 5.56 Å². The average Bonchev–Trinajstić information content (AvgIpc) is 2.83. The number of fused-ring (bicyclic) bond motifs is 3. The van der Waals surface area contributed by atoms with Gasteiger partial charge in [0.25, 0.3) is 0 Å². The van der Waals surface area contributed by atoms with Crippen molar-refractivity contribution in [2.24, 2.45) is 0 Å². The van der Waals surface area contributed by atoms with Crippen LogP contribution in [0.1, 0.15) is 19.4 Å². The fourth-order valence-corrected chi connectivity index (χ4v) is 3.39. The predicted octanol–water partition coefficient (Wildman–Crippen LogP) is 3.03. The molecule has 5 nitrogen and oxygen atoms in total. The molecule has 1 aliphatic rings. The molecule has 114 valence electrons. The molecule has 0 aliphatic carbocycles. The van der Waals surface area contributed by atoms with Crippen molar-refractivity contribution in [2.45, 2.75) is 33.0 Å². The molecule has 2 unspecified atom stereocenters. The Labute approximate surface area is 129 Å². The minimum absolute atomic E-state index is 0.209. The summed E-state index contributed by atoms with van der Waals surface area (Å²) in [5.74, 6) is 0.973. The standard InChI is InChI=1S/C17H20N4O/c1-10-4-5-13-14(6-10)20-16-15(13)18-9-19-17(16)21-7-11(2)22-12(3)8-21/h4-6,9,11-12,20H,7-8H2,1-3H3. The molecular formula is C17H20N4O. The van der Waals surface area contributed by atoms with E-state index in [4.69, 9.17) is 4.74 Å². The van der Waals surface area contributed by atoms with Crippen LogP contribution in [-0.2, 0) is 4.74 Å². The monoisotopic (exact) mass is 296 g/mol. The number of H-pyrrole nitrogens is 1. The number of rotatable bonds is 1. The number of aryl methyl sites for hydroxylation is 1. The van der Waals surface area contributed by atoms with Gasteiger partial charge in [-0.25, -0.2) is 9.97 Å². The van der Waals surface area contributed by atoms with Gasteiger partial charge in [0.1, 0.15) is 17.4 Å². The lowest BCUT2D eigenvalue weighted by Gasteiger charge is -2.36.